The van der Waals surface area contributed by atoms with E-state index >= 15 is 0 Å². The molecule has 8 heteroatoms. The Balaban J connectivity index is 1.90. The van der Waals surface area contributed by atoms with Crippen LogP contribution in [-0.4, -0.2) is 53.2 Å². The highest BCUT2D eigenvalue weighted by Crippen LogP contribution is 2.50. The van der Waals surface area contributed by atoms with Crippen molar-refractivity contribution < 1.29 is 24.2 Å². The molecule has 0 bridgehead atoms. The van der Waals surface area contributed by atoms with Gasteiger partial charge in [-0.15, -0.1) is 0 Å². The molecule has 3 aromatic rings. The van der Waals surface area contributed by atoms with Crippen molar-refractivity contribution >= 4 is 11.9 Å². The van der Waals surface area contributed by atoms with E-state index in [1.807, 2.05) is 70.2 Å². The van der Waals surface area contributed by atoms with Crippen LogP contribution in [0.2, 0.25) is 0 Å². The van der Waals surface area contributed by atoms with Crippen molar-refractivity contribution in [1.29, 1.82) is 0 Å². The number of carboxylic acids is 1. The lowest BCUT2D eigenvalue weighted by molar-refractivity contribution is -0.152. The molecule has 2 N–H and O–H groups in total. The van der Waals surface area contributed by atoms with Crippen LogP contribution in [0.5, 0.6) is 11.6 Å². The summed E-state index contributed by atoms with van der Waals surface area (Å²) in [4.78, 5) is 33.8. The Hall–Kier alpha value is -3.91. The standard InChI is InChI=1S/C36H47N3O5/c1-22(23-14-11-10-12-15-23)33(40)39-30(26-16-13-19-37-32(26)44-9)29(28(36(5,6)7)31(39)34(41)42)38-21-24-20-25(35(2,3)4)17-18-27(24)43-8/h10-20,22,28-31,38H,21H2,1-9H3,(H,41,42)/t22-,28-,29-,30-,31-/m0/s1. The van der Waals surface area contributed by atoms with Gasteiger partial charge >= 0.3 is 5.97 Å². The molecule has 8 nitrogen and oxygen atoms in total. The molecule has 44 heavy (non-hydrogen) atoms. The lowest BCUT2D eigenvalue weighted by atomic mass is 9.72. The van der Waals surface area contributed by atoms with E-state index in [4.69, 9.17) is 9.47 Å². The molecular weight excluding hydrogens is 554 g/mol. The molecule has 0 radical (unpaired) electrons. The van der Waals surface area contributed by atoms with Gasteiger partial charge < -0.3 is 24.8 Å². The highest BCUT2D eigenvalue weighted by atomic mass is 16.5. The maximum Gasteiger partial charge on any atom is 0.326 e. The summed E-state index contributed by atoms with van der Waals surface area (Å²) in [6.45, 7) is 14.9. The largest absolute Gasteiger partial charge is 0.496 e. The number of aromatic nitrogens is 1. The summed E-state index contributed by atoms with van der Waals surface area (Å²) >= 11 is 0. The number of aliphatic carboxylic acids is 1. The Morgan fingerprint density at radius 2 is 1.66 bits per heavy atom. The number of amides is 1. The van der Waals surface area contributed by atoms with E-state index in [0.29, 0.717) is 18.0 Å². The fourth-order valence-corrected chi connectivity index (χ4v) is 6.57. The third kappa shape index (κ3) is 6.60. The van der Waals surface area contributed by atoms with E-state index < -0.39 is 41.3 Å². The van der Waals surface area contributed by atoms with Crippen LogP contribution >= 0.6 is 0 Å². The molecule has 1 amide bonds. The van der Waals surface area contributed by atoms with Gasteiger partial charge in [-0.05, 0) is 47.1 Å². The van der Waals surface area contributed by atoms with Crippen LogP contribution in [0.25, 0.3) is 0 Å². The van der Waals surface area contributed by atoms with Crippen molar-refractivity contribution in [2.75, 3.05) is 14.2 Å². The molecule has 2 aromatic carbocycles. The number of hydrogen-bond donors (Lipinski definition) is 2. The number of likely N-dealkylation sites (tertiary alicyclic amines) is 1. The molecule has 1 saturated heterocycles. The summed E-state index contributed by atoms with van der Waals surface area (Å²) in [6, 6.07) is 17.1. The van der Waals surface area contributed by atoms with Gasteiger partial charge in [-0.2, -0.15) is 0 Å². The van der Waals surface area contributed by atoms with E-state index in [9.17, 15) is 14.7 Å². The average molecular weight is 602 g/mol. The predicted octanol–water partition coefficient (Wildman–Crippen LogP) is 6.36. The van der Waals surface area contributed by atoms with Crippen LogP contribution < -0.4 is 14.8 Å². The average Bonchev–Trinajstić information content (AvgIpc) is 3.35. The molecule has 2 heterocycles. The molecule has 1 aliphatic rings. The lowest BCUT2D eigenvalue weighted by Gasteiger charge is -2.35. The van der Waals surface area contributed by atoms with Gasteiger partial charge in [-0.25, -0.2) is 9.78 Å². The summed E-state index contributed by atoms with van der Waals surface area (Å²) in [7, 11) is 3.19. The monoisotopic (exact) mass is 601 g/mol. The van der Waals surface area contributed by atoms with Gasteiger partial charge in [0.2, 0.25) is 11.8 Å². The van der Waals surface area contributed by atoms with Crippen molar-refractivity contribution in [3.05, 3.63) is 89.1 Å². The third-order valence-corrected chi connectivity index (χ3v) is 8.83. The van der Waals surface area contributed by atoms with Crippen LogP contribution in [0.3, 0.4) is 0 Å². The van der Waals surface area contributed by atoms with E-state index in [-0.39, 0.29) is 11.3 Å². The topological polar surface area (TPSA) is 101 Å². The number of methoxy groups -OCH3 is 2. The van der Waals surface area contributed by atoms with Gasteiger partial charge in [-0.1, -0.05) is 84.0 Å². The van der Waals surface area contributed by atoms with Gasteiger partial charge in [0.25, 0.3) is 0 Å². The van der Waals surface area contributed by atoms with Gasteiger partial charge in [0.15, 0.2) is 0 Å². The molecule has 1 aromatic heterocycles. The number of rotatable bonds is 9. The first-order chi connectivity index (χ1) is 20.7. The number of carbonyl (C=O) groups excluding carboxylic acids is 1. The minimum Gasteiger partial charge on any atom is -0.496 e. The van der Waals surface area contributed by atoms with E-state index in [1.54, 1.807) is 31.4 Å². The normalized spacial score (nSPS) is 21.2. The maximum atomic E-state index is 14.5. The molecular formula is C36H47N3O5. The van der Waals surface area contributed by atoms with Crippen LogP contribution in [0, 0.1) is 11.3 Å². The molecule has 0 spiro atoms. The molecule has 0 unspecified atom stereocenters. The summed E-state index contributed by atoms with van der Waals surface area (Å²) in [5.41, 5.74) is 3.05. The zero-order valence-corrected chi connectivity index (χ0v) is 27.4. The number of carboxylic acid groups (broad SMARTS) is 1. The molecule has 1 fully saturated rings. The molecule has 1 aliphatic heterocycles. The lowest BCUT2D eigenvalue weighted by Crippen LogP contribution is -2.48. The van der Waals surface area contributed by atoms with Crippen LogP contribution in [0.1, 0.15) is 82.7 Å². The SMILES string of the molecule is COc1ccc(C(C)(C)C)cc1CN[C@H]1[C@H](C(C)(C)C)[C@@H](C(=O)O)N(C(=O)[C@@H](C)c2ccccc2)[C@H]1c1cccnc1OC. The Bertz CT molecular complexity index is 1460. The summed E-state index contributed by atoms with van der Waals surface area (Å²) in [6.07, 6.45) is 1.64. The molecule has 5 atom stereocenters. The maximum absolute atomic E-state index is 14.5. The molecule has 4 rings (SSSR count). The van der Waals surface area contributed by atoms with Crippen molar-refractivity contribution in [2.45, 2.75) is 84.5 Å². The Morgan fingerprint density at radius 3 is 2.23 bits per heavy atom. The van der Waals surface area contributed by atoms with Gasteiger partial charge in [0.05, 0.1) is 26.2 Å². The highest BCUT2D eigenvalue weighted by molar-refractivity contribution is 5.89. The van der Waals surface area contributed by atoms with Crippen molar-refractivity contribution in [3.8, 4) is 11.6 Å². The molecule has 0 saturated carbocycles. The van der Waals surface area contributed by atoms with Gasteiger partial charge in [-0.3, -0.25) is 4.79 Å². The minimum atomic E-state index is -1.09. The zero-order chi connectivity index (χ0) is 32.4. The van der Waals surface area contributed by atoms with Gasteiger partial charge in [0, 0.05) is 35.8 Å². The molecule has 0 aliphatic carbocycles. The second kappa shape index (κ2) is 13.0. The molecule has 236 valence electrons. The highest BCUT2D eigenvalue weighted by Gasteiger charge is 2.59. The quantitative estimate of drug-likeness (QED) is 0.294. The fraction of sp³-hybridized carbons (Fsp3) is 0.472. The van der Waals surface area contributed by atoms with Crippen LogP contribution in [0.15, 0.2) is 66.9 Å². The van der Waals surface area contributed by atoms with E-state index in [1.165, 1.54) is 0 Å². The minimum absolute atomic E-state index is 0.0703. The first kappa shape index (κ1) is 33.0. The van der Waals surface area contributed by atoms with Crippen LogP contribution in [-0.2, 0) is 21.5 Å². The number of ether oxygens (including phenoxy) is 2. The van der Waals surface area contributed by atoms with E-state index in [2.05, 4.69) is 43.2 Å². The fourth-order valence-electron chi connectivity index (χ4n) is 6.57. The van der Waals surface area contributed by atoms with Crippen molar-refractivity contribution in [1.82, 2.24) is 15.2 Å². The number of nitrogens with one attached hydrogen (secondary N) is 1. The summed E-state index contributed by atoms with van der Waals surface area (Å²) in [5, 5.41) is 14.6. The second-order valence-corrected chi connectivity index (χ2v) is 13.8. The second-order valence-electron chi connectivity index (χ2n) is 13.8. The van der Waals surface area contributed by atoms with E-state index in [0.717, 1.165) is 22.4 Å². The van der Waals surface area contributed by atoms with Crippen molar-refractivity contribution in [2.24, 2.45) is 11.3 Å². The Kier molecular flexibility index (Phi) is 9.74. The Morgan fingerprint density at radius 1 is 0.977 bits per heavy atom. The van der Waals surface area contributed by atoms with Gasteiger partial charge in [0.1, 0.15) is 11.8 Å². The number of benzene rings is 2. The number of nitrogens with zero attached hydrogens (tertiary/aromatic N) is 2. The summed E-state index contributed by atoms with van der Waals surface area (Å²) < 4.78 is 11.4. The first-order valence-corrected chi connectivity index (χ1v) is 15.2. The first-order valence-electron chi connectivity index (χ1n) is 15.2. The number of pyridine rings is 1. The number of hydrogen-bond acceptors (Lipinski definition) is 6. The third-order valence-electron chi connectivity index (χ3n) is 8.83. The smallest absolute Gasteiger partial charge is 0.326 e. The van der Waals surface area contributed by atoms with Crippen molar-refractivity contribution in [3.63, 3.8) is 0 Å². The Labute approximate surface area is 261 Å². The summed E-state index contributed by atoms with van der Waals surface area (Å²) in [5.74, 6) is -1.22. The number of carbonyl (C=O) groups is 2. The zero-order valence-electron chi connectivity index (χ0n) is 27.4. The predicted molar refractivity (Wildman–Crippen MR) is 172 cm³/mol. The van der Waals surface area contributed by atoms with Crippen LogP contribution in [0.4, 0.5) is 0 Å².